The van der Waals surface area contributed by atoms with Gasteiger partial charge in [0.05, 0.1) is 30.5 Å². The van der Waals surface area contributed by atoms with Crippen molar-refractivity contribution >= 4 is 65.3 Å². The zero-order valence-electron chi connectivity index (χ0n) is 45.2. The SMILES string of the molecule is CC(C)[C@H](NC(=O)OCc1ccccc1)C(=O)N[C@@H](C)C(=O)N[C@@H](CC(=O)O)C(=O)COC1=C(Cc2ccccc2)C(=O)OC1.CCC1=C(OCC(=O)[C@H](CC(=O)O)NC(=O)[C@@H](NC(=O)OCc2ccccc2)C(C)C)CNC1=O. The highest BCUT2D eigenvalue weighted by Crippen LogP contribution is 2.22. The number of cyclic esters (lactones) is 1. The van der Waals surface area contributed by atoms with Crippen molar-refractivity contribution in [1.29, 1.82) is 0 Å². The number of benzene rings is 3. The average molecular weight is 1110 g/mol. The van der Waals surface area contributed by atoms with Crippen LogP contribution in [0.3, 0.4) is 0 Å². The maximum absolute atomic E-state index is 13.0. The van der Waals surface area contributed by atoms with E-state index in [2.05, 4.69) is 31.9 Å². The van der Waals surface area contributed by atoms with Crippen LogP contribution in [-0.4, -0.2) is 132 Å². The molecule has 3 aromatic carbocycles. The summed E-state index contributed by atoms with van der Waals surface area (Å²) >= 11 is 0. The van der Waals surface area contributed by atoms with Crippen LogP contribution in [0.4, 0.5) is 9.59 Å². The van der Waals surface area contributed by atoms with E-state index < -0.39 is 116 Å². The highest BCUT2D eigenvalue weighted by atomic mass is 16.6. The number of carboxylic acids is 2. The fourth-order valence-electron chi connectivity index (χ4n) is 7.65. The first-order chi connectivity index (χ1) is 38.1. The van der Waals surface area contributed by atoms with E-state index in [1.807, 2.05) is 42.5 Å². The third kappa shape index (κ3) is 21.0. The summed E-state index contributed by atoms with van der Waals surface area (Å²) in [5, 5.41) is 33.3. The van der Waals surface area contributed by atoms with Crippen LogP contribution in [0, 0.1) is 11.8 Å². The number of ether oxygens (including phenoxy) is 5. The van der Waals surface area contributed by atoms with Crippen molar-refractivity contribution in [2.24, 2.45) is 11.8 Å². The molecular weight excluding hydrogens is 1040 g/mol. The second kappa shape index (κ2) is 32.0. The minimum Gasteiger partial charge on any atom is -0.488 e. The van der Waals surface area contributed by atoms with Crippen molar-refractivity contribution in [2.45, 2.75) is 111 Å². The second-order valence-corrected chi connectivity index (χ2v) is 19.0. The molecule has 0 radical (unpaired) electrons. The van der Waals surface area contributed by atoms with Crippen LogP contribution in [0.5, 0.6) is 0 Å². The molecule has 0 unspecified atom stereocenters. The Bertz CT molecular complexity index is 2750. The Balaban J connectivity index is 0.000000356. The van der Waals surface area contributed by atoms with E-state index in [1.165, 1.54) is 6.92 Å². The highest BCUT2D eigenvalue weighted by Gasteiger charge is 2.34. The van der Waals surface area contributed by atoms with E-state index >= 15 is 0 Å². The molecule has 8 N–H and O–H groups in total. The van der Waals surface area contributed by atoms with Gasteiger partial charge < -0.3 is 65.8 Å². The van der Waals surface area contributed by atoms with E-state index in [-0.39, 0.29) is 61.9 Å². The molecule has 0 fully saturated rings. The van der Waals surface area contributed by atoms with Crippen LogP contribution in [0.25, 0.3) is 0 Å². The van der Waals surface area contributed by atoms with Crippen molar-refractivity contribution in [2.75, 3.05) is 26.4 Å². The highest BCUT2D eigenvalue weighted by molar-refractivity contribution is 5.98. The minimum atomic E-state index is -1.49. The first-order valence-electron chi connectivity index (χ1n) is 25.6. The molecule has 0 spiro atoms. The van der Waals surface area contributed by atoms with E-state index in [9.17, 15) is 63.0 Å². The molecule has 3 aromatic rings. The molecule has 5 rings (SSSR count). The summed E-state index contributed by atoms with van der Waals surface area (Å²) < 4.78 is 26.4. The molecule has 24 heteroatoms. The number of carbonyl (C=O) groups excluding carboxylic acids is 9. The van der Waals surface area contributed by atoms with Crippen LogP contribution in [0.2, 0.25) is 0 Å². The Morgan fingerprint density at radius 3 is 1.43 bits per heavy atom. The predicted octanol–water partition coefficient (Wildman–Crippen LogP) is 3.32. The molecule has 2 aliphatic rings. The van der Waals surface area contributed by atoms with Crippen molar-refractivity contribution < 1.29 is 86.6 Å². The monoisotopic (exact) mass is 1110 g/mol. The molecule has 0 saturated heterocycles. The minimum absolute atomic E-state index is 0.00350. The standard InChI is InChI=1S/C32H37N3O10.C24H31N3O8/c1-19(2)28(35-32(42)45-16-22-12-8-5-9-13-22)30(40)33-20(3)29(39)34-24(15-27(37)38)25(36)17-43-26-18-44-31(41)23(26)14-21-10-6-4-7-11-21;1-4-16-19(11-25-22(16)31)34-13-18(28)17(10-20(29)30)26-23(32)21(14(2)3)27-24(33)35-12-15-8-6-5-7-9-15/h4-13,19-20,24,28H,14-18H2,1-3H3,(H,33,40)(H,34,39)(H,35,42)(H,37,38);5-9,14,17,21H,4,10-13H2,1-3H3,(H,25,31)(H,26,32)(H,27,33)(H,29,30)/t20-,24-,28-;17-,21-/m00/s1. The van der Waals surface area contributed by atoms with Crippen LogP contribution in [-0.2, 0) is 86.5 Å². The van der Waals surface area contributed by atoms with E-state index in [0.717, 1.165) is 16.7 Å². The zero-order chi connectivity index (χ0) is 58.9. The molecule has 430 valence electrons. The van der Waals surface area contributed by atoms with Crippen molar-refractivity contribution in [3.05, 3.63) is 130 Å². The van der Waals surface area contributed by atoms with Gasteiger partial charge in [0, 0.05) is 6.42 Å². The molecule has 0 aliphatic carbocycles. The van der Waals surface area contributed by atoms with Crippen molar-refractivity contribution in [3.63, 3.8) is 0 Å². The third-order valence-electron chi connectivity index (χ3n) is 12.1. The predicted molar refractivity (Wildman–Crippen MR) is 283 cm³/mol. The van der Waals surface area contributed by atoms with Gasteiger partial charge in [-0.3, -0.25) is 38.4 Å². The van der Waals surface area contributed by atoms with E-state index in [4.69, 9.17) is 23.7 Å². The van der Waals surface area contributed by atoms with Crippen molar-refractivity contribution in [1.82, 2.24) is 31.9 Å². The van der Waals surface area contributed by atoms with Gasteiger partial charge in [-0.25, -0.2) is 14.4 Å². The Hall–Kier alpha value is -9.09. The number of esters is 1. The zero-order valence-corrected chi connectivity index (χ0v) is 45.2. The molecule has 2 heterocycles. The topological polar surface area (TPSA) is 347 Å². The fourth-order valence-corrected chi connectivity index (χ4v) is 7.65. The fraction of sp³-hybridized carbons (Fsp3) is 0.411. The number of hydrogen-bond acceptors (Lipinski definition) is 16. The maximum atomic E-state index is 13.0. The molecule has 80 heavy (non-hydrogen) atoms. The number of ketones is 2. The number of hydrogen-bond donors (Lipinski definition) is 8. The Kier molecular flexibility index (Phi) is 25.3. The quantitative estimate of drug-likeness (QED) is 0.0365. The van der Waals surface area contributed by atoms with Crippen LogP contribution in [0.1, 0.15) is 77.5 Å². The molecule has 6 amide bonds. The number of rotatable bonds is 29. The normalized spacial score (nSPS) is 14.6. The lowest BCUT2D eigenvalue weighted by atomic mass is 10.0. The van der Waals surface area contributed by atoms with Gasteiger partial charge in [-0.1, -0.05) is 126 Å². The lowest BCUT2D eigenvalue weighted by Crippen LogP contribution is -2.56. The van der Waals surface area contributed by atoms with E-state index in [1.54, 1.807) is 83.1 Å². The van der Waals surface area contributed by atoms with Crippen molar-refractivity contribution in [3.8, 4) is 0 Å². The Morgan fingerprint density at radius 1 is 0.562 bits per heavy atom. The number of carboxylic acid groups (broad SMARTS) is 2. The Labute approximate surface area is 461 Å². The molecular formula is C56H68N6O18. The molecule has 0 aromatic heterocycles. The Morgan fingerprint density at radius 2 is 0.988 bits per heavy atom. The first kappa shape index (κ1) is 63.4. The van der Waals surface area contributed by atoms with E-state index in [0.29, 0.717) is 17.8 Å². The van der Waals surface area contributed by atoms with Gasteiger partial charge in [0.1, 0.15) is 74.8 Å². The summed E-state index contributed by atoms with van der Waals surface area (Å²) in [4.78, 5) is 136. The summed E-state index contributed by atoms with van der Waals surface area (Å²) in [7, 11) is 0. The number of aliphatic carboxylic acids is 2. The van der Waals surface area contributed by atoms with Gasteiger partial charge in [-0.2, -0.15) is 0 Å². The summed E-state index contributed by atoms with van der Waals surface area (Å²) in [6.45, 7) is 8.66. The van der Waals surface area contributed by atoms with Gasteiger partial charge in [-0.05, 0) is 41.9 Å². The number of carbonyl (C=O) groups is 11. The number of nitrogens with one attached hydrogen (secondary N) is 6. The summed E-state index contributed by atoms with van der Waals surface area (Å²) in [5.41, 5.74) is 3.00. The van der Waals surface area contributed by atoms with Gasteiger partial charge in [0.15, 0.2) is 11.6 Å². The van der Waals surface area contributed by atoms with Crippen LogP contribution >= 0.6 is 0 Å². The van der Waals surface area contributed by atoms with Gasteiger partial charge in [0.25, 0.3) is 5.91 Å². The average Bonchev–Trinajstić information content (AvgIpc) is 3.97. The van der Waals surface area contributed by atoms with Gasteiger partial charge in [0.2, 0.25) is 17.7 Å². The molecule has 0 saturated carbocycles. The largest absolute Gasteiger partial charge is 0.488 e. The lowest BCUT2D eigenvalue weighted by molar-refractivity contribution is -0.141. The first-order valence-corrected chi connectivity index (χ1v) is 25.6. The number of amides is 6. The summed E-state index contributed by atoms with van der Waals surface area (Å²) in [6.07, 6.45) is -2.45. The van der Waals surface area contributed by atoms with Crippen LogP contribution < -0.4 is 31.9 Å². The maximum Gasteiger partial charge on any atom is 0.408 e. The lowest BCUT2D eigenvalue weighted by Gasteiger charge is -2.24. The molecule has 5 atom stereocenters. The smallest absolute Gasteiger partial charge is 0.408 e. The van der Waals surface area contributed by atoms with Gasteiger partial charge >= 0.3 is 30.1 Å². The number of Topliss-reactive ketones (excluding diaryl/α,β-unsaturated/α-hetero) is 2. The third-order valence-corrected chi connectivity index (χ3v) is 12.1. The van der Waals surface area contributed by atoms with Gasteiger partial charge in [-0.15, -0.1) is 0 Å². The molecule has 2 aliphatic heterocycles. The second-order valence-electron chi connectivity index (χ2n) is 19.0. The summed E-state index contributed by atoms with van der Waals surface area (Å²) in [6, 6.07) is 20.8. The van der Waals surface area contributed by atoms with Crippen LogP contribution in [0.15, 0.2) is 114 Å². The summed E-state index contributed by atoms with van der Waals surface area (Å²) in [5.74, 6) is -7.52. The molecule has 24 nitrogen and oxygen atoms in total. The molecule has 0 bridgehead atoms. The number of alkyl carbamates (subject to hydrolysis) is 2.